The standard InChI is InChI=1S/C24H20FN3O3S/c1-14-12-16(15(2)28(14)20-7-5-4-6-19(20)23(30)31-3)13-21-22(29)27-24(32-21)26-18-10-8-17(25)9-11-18/h4-13H,1-3H3,(H,26,27,29)/b21-13+. The summed E-state index contributed by atoms with van der Waals surface area (Å²) in [5.74, 6) is -1.02. The lowest BCUT2D eigenvalue weighted by molar-refractivity contribution is -0.115. The molecule has 1 N–H and O–H groups in total. The normalized spacial score (nSPS) is 15.9. The average Bonchev–Trinajstić information content (AvgIpc) is 3.27. The van der Waals surface area contributed by atoms with E-state index < -0.39 is 5.97 Å². The molecule has 0 atom stereocenters. The van der Waals surface area contributed by atoms with Crippen LogP contribution >= 0.6 is 11.8 Å². The van der Waals surface area contributed by atoms with Crippen molar-refractivity contribution < 1.29 is 18.7 Å². The van der Waals surface area contributed by atoms with Crippen molar-refractivity contribution in [1.29, 1.82) is 0 Å². The number of carbonyl (C=O) groups excluding carboxylic acids is 2. The number of rotatable bonds is 4. The molecule has 0 unspecified atom stereocenters. The van der Waals surface area contributed by atoms with Gasteiger partial charge in [-0.15, -0.1) is 0 Å². The molecule has 0 saturated carbocycles. The second-order valence-corrected chi connectivity index (χ2v) is 8.16. The number of halogens is 1. The number of thioether (sulfide) groups is 1. The number of amides is 1. The molecule has 4 rings (SSSR count). The Kier molecular flexibility index (Phi) is 5.96. The van der Waals surface area contributed by atoms with Crippen molar-refractivity contribution in [1.82, 2.24) is 9.88 Å². The maximum atomic E-state index is 13.1. The molecule has 6 nitrogen and oxygen atoms in total. The van der Waals surface area contributed by atoms with E-state index in [0.717, 1.165) is 17.0 Å². The van der Waals surface area contributed by atoms with Crippen LogP contribution in [0.2, 0.25) is 0 Å². The second-order valence-electron chi connectivity index (χ2n) is 7.13. The predicted molar refractivity (Wildman–Crippen MR) is 124 cm³/mol. The Hall–Kier alpha value is -3.65. The first-order chi connectivity index (χ1) is 15.4. The van der Waals surface area contributed by atoms with Crippen molar-refractivity contribution in [2.24, 2.45) is 4.99 Å². The fraction of sp³-hybridized carbons (Fsp3) is 0.125. The van der Waals surface area contributed by atoms with Crippen LogP contribution in [0.15, 0.2) is 64.5 Å². The highest BCUT2D eigenvalue weighted by Gasteiger charge is 2.25. The summed E-state index contributed by atoms with van der Waals surface area (Å²) in [7, 11) is 1.35. The monoisotopic (exact) mass is 449 g/mol. The van der Waals surface area contributed by atoms with Gasteiger partial charge >= 0.3 is 5.97 Å². The summed E-state index contributed by atoms with van der Waals surface area (Å²) in [6.45, 7) is 3.87. The van der Waals surface area contributed by atoms with Gasteiger partial charge in [0.15, 0.2) is 5.17 Å². The van der Waals surface area contributed by atoms with Gasteiger partial charge in [0.1, 0.15) is 5.82 Å². The minimum absolute atomic E-state index is 0.254. The molecule has 1 fully saturated rings. The topological polar surface area (TPSA) is 72.7 Å². The molecule has 162 valence electrons. The minimum atomic E-state index is -0.416. The molecule has 1 saturated heterocycles. The van der Waals surface area contributed by atoms with Crippen molar-refractivity contribution >= 4 is 40.6 Å². The third kappa shape index (κ3) is 4.22. The molecule has 1 aromatic heterocycles. The van der Waals surface area contributed by atoms with Crippen LogP contribution in [0.1, 0.15) is 27.3 Å². The molecule has 1 aliphatic heterocycles. The summed E-state index contributed by atoms with van der Waals surface area (Å²) in [5, 5.41) is 3.16. The number of amidine groups is 1. The van der Waals surface area contributed by atoms with Gasteiger partial charge in [-0.1, -0.05) is 12.1 Å². The number of carbonyl (C=O) groups is 2. The van der Waals surface area contributed by atoms with Crippen LogP contribution in [0.3, 0.4) is 0 Å². The summed E-state index contributed by atoms with van der Waals surface area (Å²) in [5.41, 5.74) is 4.35. The Morgan fingerprint density at radius 1 is 1.16 bits per heavy atom. The van der Waals surface area contributed by atoms with E-state index in [1.807, 2.05) is 36.6 Å². The maximum Gasteiger partial charge on any atom is 0.339 e. The zero-order chi connectivity index (χ0) is 22.8. The van der Waals surface area contributed by atoms with Crippen molar-refractivity contribution in [2.45, 2.75) is 13.8 Å². The molecule has 2 aromatic carbocycles. The second kappa shape index (κ2) is 8.84. The molecular formula is C24H20FN3O3S. The largest absolute Gasteiger partial charge is 0.465 e. The van der Waals surface area contributed by atoms with E-state index in [-0.39, 0.29) is 11.7 Å². The number of hydrogen-bond acceptors (Lipinski definition) is 5. The molecule has 1 aliphatic rings. The van der Waals surface area contributed by atoms with E-state index in [1.165, 1.54) is 31.0 Å². The van der Waals surface area contributed by atoms with Crippen LogP contribution in [-0.4, -0.2) is 28.7 Å². The molecule has 3 aromatic rings. The van der Waals surface area contributed by atoms with Crippen LogP contribution in [0.5, 0.6) is 0 Å². The summed E-state index contributed by atoms with van der Waals surface area (Å²) in [6.07, 6.45) is 1.80. The van der Waals surface area contributed by atoms with E-state index in [4.69, 9.17) is 4.74 Å². The van der Waals surface area contributed by atoms with E-state index >= 15 is 0 Å². The molecular weight excluding hydrogens is 429 g/mol. The summed E-state index contributed by atoms with van der Waals surface area (Å²) in [6, 6.07) is 14.9. The van der Waals surface area contributed by atoms with E-state index in [9.17, 15) is 14.0 Å². The van der Waals surface area contributed by atoms with Gasteiger partial charge in [0, 0.05) is 11.4 Å². The number of aromatic nitrogens is 1. The van der Waals surface area contributed by atoms with Gasteiger partial charge < -0.3 is 14.6 Å². The first-order valence-electron chi connectivity index (χ1n) is 9.79. The predicted octanol–water partition coefficient (Wildman–Crippen LogP) is 4.91. The average molecular weight is 450 g/mol. The zero-order valence-corrected chi connectivity index (χ0v) is 18.5. The van der Waals surface area contributed by atoms with Gasteiger partial charge in [-0.2, -0.15) is 0 Å². The highest BCUT2D eigenvalue weighted by molar-refractivity contribution is 8.18. The zero-order valence-electron chi connectivity index (χ0n) is 17.7. The molecule has 32 heavy (non-hydrogen) atoms. The smallest absolute Gasteiger partial charge is 0.339 e. The van der Waals surface area contributed by atoms with Crippen molar-refractivity contribution in [3.8, 4) is 5.69 Å². The van der Waals surface area contributed by atoms with E-state index in [1.54, 1.807) is 30.3 Å². The van der Waals surface area contributed by atoms with Crippen molar-refractivity contribution in [3.63, 3.8) is 0 Å². The van der Waals surface area contributed by atoms with Crippen molar-refractivity contribution in [3.05, 3.63) is 87.8 Å². The van der Waals surface area contributed by atoms with Gasteiger partial charge in [-0.3, -0.25) is 4.79 Å². The maximum absolute atomic E-state index is 13.1. The van der Waals surface area contributed by atoms with Crippen LogP contribution in [-0.2, 0) is 9.53 Å². The summed E-state index contributed by atoms with van der Waals surface area (Å²) >= 11 is 1.22. The lowest BCUT2D eigenvalue weighted by atomic mass is 10.1. The number of ether oxygens (including phenoxy) is 1. The fourth-order valence-corrected chi connectivity index (χ4v) is 4.34. The molecule has 0 aliphatic carbocycles. The van der Waals surface area contributed by atoms with Crippen LogP contribution < -0.4 is 5.32 Å². The lowest BCUT2D eigenvalue weighted by Crippen LogP contribution is -2.19. The molecule has 2 heterocycles. The number of nitrogens with one attached hydrogen (secondary N) is 1. The van der Waals surface area contributed by atoms with Gasteiger partial charge in [-0.25, -0.2) is 14.2 Å². The summed E-state index contributed by atoms with van der Waals surface area (Å²) in [4.78, 5) is 29.6. The molecule has 0 bridgehead atoms. The quantitative estimate of drug-likeness (QED) is 0.454. The van der Waals surface area contributed by atoms with Gasteiger partial charge in [0.25, 0.3) is 5.91 Å². The highest BCUT2D eigenvalue weighted by atomic mass is 32.2. The first kappa shape index (κ1) is 21.6. The number of para-hydroxylation sites is 1. The number of benzene rings is 2. The Labute approximate surface area is 188 Å². The van der Waals surface area contributed by atoms with Crippen molar-refractivity contribution in [2.75, 3.05) is 7.11 Å². The van der Waals surface area contributed by atoms with E-state index in [0.29, 0.717) is 27.0 Å². The van der Waals surface area contributed by atoms with Crippen LogP contribution in [0, 0.1) is 19.7 Å². The number of nitrogens with zero attached hydrogens (tertiary/aromatic N) is 2. The van der Waals surface area contributed by atoms with Crippen LogP contribution in [0.25, 0.3) is 11.8 Å². The molecule has 0 radical (unpaired) electrons. The first-order valence-corrected chi connectivity index (χ1v) is 10.6. The Bertz CT molecular complexity index is 1280. The number of methoxy groups -OCH3 is 1. The van der Waals surface area contributed by atoms with Gasteiger partial charge in [0.2, 0.25) is 0 Å². The Morgan fingerprint density at radius 2 is 1.88 bits per heavy atom. The third-order valence-electron chi connectivity index (χ3n) is 5.02. The molecule has 1 amide bonds. The summed E-state index contributed by atoms with van der Waals surface area (Å²) < 4.78 is 20.0. The number of aliphatic imine (C=N–C) groups is 1. The minimum Gasteiger partial charge on any atom is -0.465 e. The molecule has 8 heteroatoms. The number of aryl methyl sites for hydroxylation is 1. The van der Waals surface area contributed by atoms with Gasteiger partial charge in [0.05, 0.1) is 29.0 Å². The van der Waals surface area contributed by atoms with Gasteiger partial charge in [-0.05, 0) is 79.7 Å². The van der Waals surface area contributed by atoms with Crippen LogP contribution in [0.4, 0.5) is 10.1 Å². The lowest BCUT2D eigenvalue weighted by Gasteiger charge is -2.13. The van der Waals surface area contributed by atoms with E-state index in [2.05, 4.69) is 10.3 Å². The Balaban J connectivity index is 1.67. The third-order valence-corrected chi connectivity index (χ3v) is 5.93. The SMILES string of the molecule is COC(=O)c1ccccc1-n1c(C)cc(/C=C2/SC(=Nc3ccc(F)cc3)NC2=O)c1C. The molecule has 0 spiro atoms. The fourth-order valence-electron chi connectivity index (χ4n) is 3.51. The number of hydrogen-bond donors (Lipinski definition) is 1. The highest BCUT2D eigenvalue weighted by Crippen LogP contribution is 2.31. The Morgan fingerprint density at radius 3 is 2.59 bits per heavy atom. The number of esters is 1.